The van der Waals surface area contributed by atoms with E-state index in [2.05, 4.69) is 11.4 Å². The predicted molar refractivity (Wildman–Crippen MR) is 79.1 cm³/mol. The van der Waals surface area contributed by atoms with Crippen LogP contribution in [0, 0.1) is 11.3 Å². The van der Waals surface area contributed by atoms with Crippen molar-refractivity contribution in [3.63, 3.8) is 0 Å². The number of carbonyl (C=O) groups excluding carboxylic acids is 1. The van der Waals surface area contributed by atoms with E-state index in [0.29, 0.717) is 22.3 Å². The molecule has 4 heteroatoms. The Morgan fingerprint density at radius 3 is 2.79 bits per heavy atom. The van der Waals surface area contributed by atoms with Crippen LogP contribution in [-0.4, -0.2) is 16.9 Å². The molecule has 0 heterocycles. The van der Waals surface area contributed by atoms with Gasteiger partial charge in [-0.1, -0.05) is 31.4 Å². The molecule has 0 spiro atoms. The summed E-state index contributed by atoms with van der Waals surface area (Å²) in [5.41, 5.74) is 1.12. The number of thioether (sulfide) groups is 1. The van der Waals surface area contributed by atoms with Gasteiger partial charge in [-0.25, -0.2) is 0 Å². The van der Waals surface area contributed by atoms with Crippen molar-refractivity contribution in [3.8, 4) is 6.07 Å². The first-order chi connectivity index (χ1) is 9.29. The van der Waals surface area contributed by atoms with Gasteiger partial charge in [0.2, 0.25) is 5.91 Å². The summed E-state index contributed by atoms with van der Waals surface area (Å²) >= 11 is 1.74. The zero-order valence-corrected chi connectivity index (χ0v) is 11.7. The second-order valence-corrected chi connectivity index (χ2v) is 6.07. The van der Waals surface area contributed by atoms with Gasteiger partial charge in [-0.15, -0.1) is 11.8 Å². The molecule has 1 aliphatic rings. The first kappa shape index (κ1) is 14.0. The first-order valence-electron chi connectivity index (χ1n) is 6.70. The van der Waals surface area contributed by atoms with E-state index in [9.17, 15) is 4.79 Å². The molecule has 1 fully saturated rings. The highest BCUT2D eigenvalue weighted by Crippen LogP contribution is 2.28. The number of nitriles is 1. The second-order valence-electron chi connectivity index (χ2n) is 4.78. The van der Waals surface area contributed by atoms with E-state index >= 15 is 0 Å². The second kappa shape index (κ2) is 7.20. The molecule has 0 bridgehead atoms. The molecule has 1 aromatic rings. The van der Waals surface area contributed by atoms with Crippen LogP contribution in [0.15, 0.2) is 24.3 Å². The van der Waals surface area contributed by atoms with Crippen molar-refractivity contribution in [2.75, 3.05) is 11.1 Å². The van der Waals surface area contributed by atoms with Gasteiger partial charge in [-0.05, 0) is 25.0 Å². The third kappa shape index (κ3) is 4.29. The van der Waals surface area contributed by atoms with Crippen LogP contribution in [0.2, 0.25) is 0 Å². The highest BCUT2D eigenvalue weighted by Gasteiger charge is 2.15. The summed E-state index contributed by atoms with van der Waals surface area (Å²) < 4.78 is 0. The number of hydrogen-bond donors (Lipinski definition) is 1. The lowest BCUT2D eigenvalue weighted by molar-refractivity contribution is -0.113. The SMILES string of the molecule is N#Cc1ccccc1NC(=O)CSC1CCCCC1. The van der Waals surface area contributed by atoms with E-state index in [-0.39, 0.29) is 5.91 Å². The Morgan fingerprint density at radius 2 is 2.05 bits per heavy atom. The number of benzene rings is 1. The molecule has 0 saturated heterocycles. The van der Waals surface area contributed by atoms with E-state index in [1.54, 1.807) is 30.0 Å². The van der Waals surface area contributed by atoms with E-state index in [1.165, 1.54) is 32.1 Å². The Kier molecular flexibility index (Phi) is 5.29. The van der Waals surface area contributed by atoms with Gasteiger partial charge >= 0.3 is 0 Å². The number of nitrogens with one attached hydrogen (secondary N) is 1. The maximum atomic E-state index is 11.9. The van der Waals surface area contributed by atoms with Crippen LogP contribution in [0.4, 0.5) is 5.69 Å². The molecule has 1 saturated carbocycles. The fraction of sp³-hybridized carbons (Fsp3) is 0.467. The summed E-state index contributed by atoms with van der Waals surface area (Å²) in [7, 11) is 0. The zero-order chi connectivity index (χ0) is 13.5. The minimum Gasteiger partial charge on any atom is -0.324 e. The number of nitrogens with zero attached hydrogens (tertiary/aromatic N) is 1. The Hall–Kier alpha value is -1.47. The van der Waals surface area contributed by atoms with Gasteiger partial charge in [0, 0.05) is 5.25 Å². The molecule has 100 valence electrons. The maximum absolute atomic E-state index is 11.9. The lowest BCUT2D eigenvalue weighted by Crippen LogP contribution is -2.18. The fourth-order valence-electron chi connectivity index (χ4n) is 2.30. The number of carbonyl (C=O) groups is 1. The average molecular weight is 274 g/mol. The molecular formula is C15H18N2OS. The highest BCUT2D eigenvalue weighted by atomic mass is 32.2. The van der Waals surface area contributed by atoms with Gasteiger partial charge in [0.1, 0.15) is 6.07 Å². The average Bonchev–Trinajstić information content (AvgIpc) is 2.47. The summed E-state index contributed by atoms with van der Waals surface area (Å²) in [6, 6.07) is 9.18. The number of anilines is 1. The summed E-state index contributed by atoms with van der Waals surface area (Å²) in [6.45, 7) is 0. The van der Waals surface area contributed by atoms with Crippen LogP contribution in [0.25, 0.3) is 0 Å². The standard InChI is InChI=1S/C15H18N2OS/c16-10-12-6-4-5-9-14(12)17-15(18)11-19-13-7-2-1-3-8-13/h4-6,9,13H,1-3,7-8,11H2,(H,17,18). The van der Waals surface area contributed by atoms with Crippen molar-refractivity contribution in [1.82, 2.24) is 0 Å². The quantitative estimate of drug-likeness (QED) is 0.913. The van der Waals surface area contributed by atoms with Crippen LogP contribution in [0.1, 0.15) is 37.7 Å². The van der Waals surface area contributed by atoms with Gasteiger partial charge in [0.05, 0.1) is 17.0 Å². The molecule has 1 amide bonds. The van der Waals surface area contributed by atoms with E-state index in [1.807, 2.05) is 6.07 Å². The monoisotopic (exact) mass is 274 g/mol. The number of amides is 1. The van der Waals surface area contributed by atoms with E-state index in [4.69, 9.17) is 5.26 Å². The molecule has 3 nitrogen and oxygen atoms in total. The molecule has 1 aliphatic carbocycles. The number of hydrogen-bond acceptors (Lipinski definition) is 3. The lowest BCUT2D eigenvalue weighted by Gasteiger charge is -2.20. The van der Waals surface area contributed by atoms with Gasteiger partial charge < -0.3 is 5.32 Å². The van der Waals surface area contributed by atoms with Gasteiger partial charge in [0.25, 0.3) is 0 Å². The van der Waals surface area contributed by atoms with Crippen molar-refractivity contribution in [3.05, 3.63) is 29.8 Å². The Balaban J connectivity index is 1.82. The summed E-state index contributed by atoms with van der Waals surface area (Å²) in [5.74, 6) is 0.461. The maximum Gasteiger partial charge on any atom is 0.234 e. The van der Waals surface area contributed by atoms with Crippen molar-refractivity contribution in [2.24, 2.45) is 0 Å². The number of para-hydroxylation sites is 1. The fourth-order valence-corrected chi connectivity index (χ4v) is 3.43. The number of rotatable bonds is 4. The van der Waals surface area contributed by atoms with Crippen molar-refractivity contribution in [1.29, 1.82) is 5.26 Å². The largest absolute Gasteiger partial charge is 0.324 e. The van der Waals surface area contributed by atoms with Crippen LogP contribution >= 0.6 is 11.8 Å². The van der Waals surface area contributed by atoms with Gasteiger partial charge in [0.15, 0.2) is 0 Å². The molecular weight excluding hydrogens is 256 g/mol. The van der Waals surface area contributed by atoms with E-state index in [0.717, 1.165) is 0 Å². The van der Waals surface area contributed by atoms with Gasteiger partial charge in [-0.3, -0.25) is 4.79 Å². The van der Waals surface area contributed by atoms with Crippen molar-refractivity contribution in [2.45, 2.75) is 37.4 Å². The molecule has 0 aromatic heterocycles. The molecule has 1 N–H and O–H groups in total. The third-order valence-electron chi connectivity index (χ3n) is 3.32. The van der Waals surface area contributed by atoms with Crippen molar-refractivity contribution >= 4 is 23.4 Å². The van der Waals surface area contributed by atoms with Crippen LogP contribution in [0.5, 0.6) is 0 Å². The van der Waals surface area contributed by atoms with Crippen LogP contribution in [0.3, 0.4) is 0 Å². The Labute approximate surface area is 118 Å². The highest BCUT2D eigenvalue weighted by molar-refractivity contribution is 8.00. The molecule has 0 radical (unpaired) electrons. The third-order valence-corrected chi connectivity index (χ3v) is 4.70. The summed E-state index contributed by atoms with van der Waals surface area (Å²) in [6.07, 6.45) is 6.37. The van der Waals surface area contributed by atoms with Crippen LogP contribution in [-0.2, 0) is 4.79 Å². The van der Waals surface area contributed by atoms with Gasteiger partial charge in [-0.2, -0.15) is 5.26 Å². The predicted octanol–water partition coefficient (Wildman–Crippen LogP) is 3.56. The Bertz CT molecular complexity index is 475. The molecule has 0 unspecified atom stereocenters. The smallest absolute Gasteiger partial charge is 0.234 e. The van der Waals surface area contributed by atoms with Crippen molar-refractivity contribution < 1.29 is 4.79 Å². The summed E-state index contributed by atoms with van der Waals surface area (Å²) in [5, 5.41) is 12.4. The zero-order valence-electron chi connectivity index (χ0n) is 10.9. The molecule has 0 aliphatic heterocycles. The van der Waals surface area contributed by atoms with Crippen LogP contribution < -0.4 is 5.32 Å². The first-order valence-corrected chi connectivity index (χ1v) is 7.75. The molecule has 2 rings (SSSR count). The molecule has 19 heavy (non-hydrogen) atoms. The molecule has 1 aromatic carbocycles. The topological polar surface area (TPSA) is 52.9 Å². The Morgan fingerprint density at radius 1 is 1.32 bits per heavy atom. The minimum absolute atomic E-state index is 0.0155. The summed E-state index contributed by atoms with van der Waals surface area (Å²) in [4.78, 5) is 11.9. The normalized spacial score (nSPS) is 15.7. The lowest BCUT2D eigenvalue weighted by atomic mass is 10.0. The minimum atomic E-state index is -0.0155. The van der Waals surface area contributed by atoms with E-state index < -0.39 is 0 Å². The molecule has 0 atom stereocenters.